The smallest absolute Gasteiger partial charge is 0.205 e. The van der Waals surface area contributed by atoms with Gasteiger partial charge in [-0.2, -0.15) is 10.3 Å². The zero-order chi connectivity index (χ0) is 21.6. The summed E-state index contributed by atoms with van der Waals surface area (Å²) in [6.45, 7) is 7.56. The van der Waals surface area contributed by atoms with Gasteiger partial charge in [-0.3, -0.25) is 0 Å². The molecule has 0 saturated carbocycles. The monoisotopic (exact) mass is 415 g/mol. The number of tetrazole rings is 1. The molecule has 0 amide bonds. The lowest BCUT2D eigenvalue weighted by Crippen LogP contribution is -2.06. The van der Waals surface area contributed by atoms with Crippen LogP contribution in [0.25, 0.3) is 22.5 Å². The number of aryl methyl sites for hydroxylation is 2. The average molecular weight is 416 g/mol. The molecule has 4 rings (SSSR count). The molecular formula is C24H29N7. The quantitative estimate of drug-likeness (QED) is 0.428. The molecule has 2 aromatic carbocycles. The molecule has 0 aliphatic rings. The first-order chi connectivity index (χ1) is 15.1. The van der Waals surface area contributed by atoms with Crippen molar-refractivity contribution >= 4 is 0 Å². The molecule has 0 saturated heterocycles. The van der Waals surface area contributed by atoms with Gasteiger partial charge in [-0.25, -0.2) is 9.67 Å². The number of aromatic nitrogens is 7. The highest BCUT2D eigenvalue weighted by molar-refractivity contribution is 5.80. The summed E-state index contributed by atoms with van der Waals surface area (Å²) < 4.78 is 2.08. The Morgan fingerprint density at radius 3 is 2.45 bits per heavy atom. The zero-order valence-electron chi connectivity index (χ0n) is 18.4. The number of hydrogen-bond donors (Lipinski definition) is 1. The van der Waals surface area contributed by atoms with Crippen LogP contribution in [0, 0.1) is 5.92 Å². The third kappa shape index (κ3) is 5.05. The van der Waals surface area contributed by atoms with Crippen LogP contribution in [0.15, 0.2) is 48.5 Å². The molecule has 0 aliphatic heterocycles. The van der Waals surface area contributed by atoms with Gasteiger partial charge in [-0.05, 0) is 40.7 Å². The van der Waals surface area contributed by atoms with Crippen LogP contribution in [0.5, 0.6) is 0 Å². The standard InChI is InChI=1S/C24H29N7/c1-4-15-31-23(25-22(28-31)14-9-17(2)3)16-18-10-12-19(13-11-18)20-7-5-6-8-21(20)24-26-29-30-27-24/h5-8,10-13,17H,4,9,14-16H2,1-3H3,(H,26,27,29,30). The minimum Gasteiger partial charge on any atom is -0.249 e. The molecule has 0 aliphatic carbocycles. The highest BCUT2D eigenvalue weighted by Crippen LogP contribution is 2.30. The largest absolute Gasteiger partial charge is 0.249 e. The van der Waals surface area contributed by atoms with E-state index in [0.29, 0.717) is 11.7 Å². The van der Waals surface area contributed by atoms with Crippen molar-refractivity contribution in [2.45, 2.75) is 53.0 Å². The van der Waals surface area contributed by atoms with E-state index < -0.39 is 0 Å². The van der Waals surface area contributed by atoms with Crippen LogP contribution in [0.4, 0.5) is 0 Å². The van der Waals surface area contributed by atoms with Crippen LogP contribution >= 0.6 is 0 Å². The lowest BCUT2D eigenvalue weighted by atomic mass is 9.98. The van der Waals surface area contributed by atoms with Crippen molar-refractivity contribution in [1.82, 2.24) is 35.4 Å². The Morgan fingerprint density at radius 2 is 1.77 bits per heavy atom. The van der Waals surface area contributed by atoms with Gasteiger partial charge < -0.3 is 0 Å². The van der Waals surface area contributed by atoms with Crippen LogP contribution in [-0.4, -0.2) is 35.4 Å². The third-order valence-electron chi connectivity index (χ3n) is 5.31. The van der Waals surface area contributed by atoms with Gasteiger partial charge in [0.15, 0.2) is 5.82 Å². The maximum atomic E-state index is 4.85. The first-order valence-corrected chi connectivity index (χ1v) is 11.0. The maximum absolute atomic E-state index is 4.85. The molecule has 2 aromatic heterocycles. The van der Waals surface area contributed by atoms with Gasteiger partial charge in [0.25, 0.3) is 0 Å². The van der Waals surface area contributed by atoms with E-state index in [1.807, 2.05) is 18.2 Å². The molecule has 4 aromatic rings. The summed E-state index contributed by atoms with van der Waals surface area (Å²) in [4.78, 5) is 4.85. The fourth-order valence-corrected chi connectivity index (χ4v) is 3.66. The Kier molecular flexibility index (Phi) is 6.50. The molecule has 1 N–H and O–H groups in total. The molecule has 2 heterocycles. The average Bonchev–Trinajstić information content (AvgIpc) is 3.44. The molecule has 31 heavy (non-hydrogen) atoms. The van der Waals surface area contributed by atoms with Gasteiger partial charge in [0, 0.05) is 24.9 Å². The Labute approximate surface area is 182 Å². The van der Waals surface area contributed by atoms with Crippen molar-refractivity contribution in [3.63, 3.8) is 0 Å². The minimum absolute atomic E-state index is 0.598. The number of hydrogen-bond acceptors (Lipinski definition) is 5. The van der Waals surface area contributed by atoms with Gasteiger partial charge in [0.05, 0.1) is 0 Å². The topological polar surface area (TPSA) is 85.2 Å². The maximum Gasteiger partial charge on any atom is 0.205 e. The van der Waals surface area contributed by atoms with E-state index in [-0.39, 0.29) is 0 Å². The van der Waals surface area contributed by atoms with Crippen LogP contribution in [0.2, 0.25) is 0 Å². The zero-order valence-corrected chi connectivity index (χ0v) is 18.4. The normalized spacial score (nSPS) is 11.4. The molecular weight excluding hydrogens is 386 g/mol. The summed E-state index contributed by atoms with van der Waals surface area (Å²) in [5.41, 5.74) is 4.39. The van der Waals surface area contributed by atoms with Crippen molar-refractivity contribution in [2.75, 3.05) is 0 Å². The van der Waals surface area contributed by atoms with Crippen molar-refractivity contribution < 1.29 is 0 Å². The second-order valence-corrected chi connectivity index (χ2v) is 8.25. The number of rotatable bonds is 9. The van der Waals surface area contributed by atoms with Crippen LogP contribution in [-0.2, 0) is 19.4 Å². The Bertz CT molecular complexity index is 1100. The molecule has 0 unspecified atom stereocenters. The van der Waals surface area contributed by atoms with Gasteiger partial charge in [0.2, 0.25) is 5.82 Å². The number of nitrogens with zero attached hydrogens (tertiary/aromatic N) is 6. The minimum atomic E-state index is 0.598. The van der Waals surface area contributed by atoms with Crippen LogP contribution in [0.3, 0.4) is 0 Å². The van der Waals surface area contributed by atoms with E-state index in [0.717, 1.165) is 60.6 Å². The number of aromatic amines is 1. The van der Waals surface area contributed by atoms with Crippen molar-refractivity contribution in [1.29, 1.82) is 0 Å². The molecule has 0 fully saturated rings. The molecule has 160 valence electrons. The van der Waals surface area contributed by atoms with E-state index in [2.05, 4.69) is 76.4 Å². The van der Waals surface area contributed by atoms with E-state index >= 15 is 0 Å². The second kappa shape index (κ2) is 9.64. The van der Waals surface area contributed by atoms with Crippen molar-refractivity contribution in [3.8, 4) is 22.5 Å². The van der Waals surface area contributed by atoms with Gasteiger partial charge in [-0.1, -0.05) is 69.3 Å². The fraction of sp³-hybridized carbons (Fsp3) is 0.375. The second-order valence-electron chi connectivity index (χ2n) is 8.25. The molecule has 0 bridgehead atoms. The van der Waals surface area contributed by atoms with E-state index in [9.17, 15) is 0 Å². The highest BCUT2D eigenvalue weighted by atomic mass is 15.5. The van der Waals surface area contributed by atoms with Gasteiger partial charge in [0.1, 0.15) is 5.82 Å². The third-order valence-corrected chi connectivity index (χ3v) is 5.31. The Hall–Kier alpha value is -3.35. The molecule has 0 atom stereocenters. The molecule has 7 heteroatoms. The van der Waals surface area contributed by atoms with E-state index in [4.69, 9.17) is 10.1 Å². The van der Waals surface area contributed by atoms with Gasteiger partial charge in [-0.15, -0.1) is 10.2 Å². The van der Waals surface area contributed by atoms with Crippen LogP contribution in [0.1, 0.15) is 50.8 Å². The van der Waals surface area contributed by atoms with Crippen molar-refractivity contribution in [3.05, 3.63) is 65.7 Å². The highest BCUT2D eigenvalue weighted by Gasteiger charge is 2.13. The fourth-order valence-electron chi connectivity index (χ4n) is 3.66. The van der Waals surface area contributed by atoms with Crippen LogP contribution < -0.4 is 0 Å². The lowest BCUT2D eigenvalue weighted by molar-refractivity contribution is 0.551. The number of benzene rings is 2. The summed E-state index contributed by atoms with van der Waals surface area (Å²) in [6.07, 6.45) is 3.88. The number of nitrogens with one attached hydrogen (secondary N) is 1. The molecule has 7 nitrogen and oxygen atoms in total. The predicted molar refractivity (Wildman–Crippen MR) is 121 cm³/mol. The molecule has 0 radical (unpaired) electrons. The Balaban J connectivity index is 1.55. The SMILES string of the molecule is CCCn1nc(CCC(C)C)nc1Cc1ccc(-c2ccccc2-c2nn[nH]n2)cc1. The summed E-state index contributed by atoms with van der Waals surface area (Å²) in [7, 11) is 0. The summed E-state index contributed by atoms with van der Waals surface area (Å²) in [5.74, 6) is 3.26. The molecule has 0 spiro atoms. The van der Waals surface area contributed by atoms with E-state index in [1.54, 1.807) is 0 Å². The van der Waals surface area contributed by atoms with Crippen molar-refractivity contribution in [2.24, 2.45) is 5.92 Å². The summed E-state index contributed by atoms with van der Waals surface area (Å²) >= 11 is 0. The van der Waals surface area contributed by atoms with E-state index in [1.165, 1.54) is 5.56 Å². The number of H-pyrrole nitrogens is 1. The summed E-state index contributed by atoms with van der Waals surface area (Å²) in [6, 6.07) is 16.7. The van der Waals surface area contributed by atoms with Gasteiger partial charge >= 0.3 is 0 Å². The first kappa shape index (κ1) is 20.9. The first-order valence-electron chi connectivity index (χ1n) is 11.0. The lowest BCUT2D eigenvalue weighted by Gasteiger charge is -2.08. The Morgan fingerprint density at radius 1 is 1.00 bits per heavy atom. The predicted octanol–water partition coefficient (Wildman–Crippen LogP) is 4.71. The summed E-state index contributed by atoms with van der Waals surface area (Å²) in [5, 5.41) is 19.2.